The topological polar surface area (TPSA) is 50.3 Å². The number of nitrogens with zero attached hydrogens (tertiary/aromatic N) is 3. The fraction of sp³-hybridized carbons (Fsp3) is 0.474. The standard InChI is InChI=1S/C19H28N4O/c1-6-10-23(11-7-2)18-13-15(4)20-19(22-18)21-16-12-14(3)8-9-17(16)24-5/h8-9,12-13H,6-7,10-11H2,1-5H3,(H,20,21,22). The quantitative estimate of drug-likeness (QED) is 0.774. The lowest BCUT2D eigenvalue weighted by Gasteiger charge is -2.23. The maximum absolute atomic E-state index is 5.43. The van der Waals surface area contributed by atoms with E-state index in [-0.39, 0.29) is 0 Å². The summed E-state index contributed by atoms with van der Waals surface area (Å²) >= 11 is 0. The molecule has 0 fully saturated rings. The minimum atomic E-state index is 0.603. The van der Waals surface area contributed by atoms with Crippen LogP contribution in [-0.4, -0.2) is 30.2 Å². The summed E-state index contributed by atoms with van der Waals surface area (Å²) in [5.74, 6) is 2.36. The summed E-state index contributed by atoms with van der Waals surface area (Å²) < 4.78 is 5.43. The van der Waals surface area contributed by atoms with Gasteiger partial charge in [0, 0.05) is 24.8 Å². The van der Waals surface area contributed by atoms with Gasteiger partial charge in [-0.2, -0.15) is 4.98 Å². The van der Waals surface area contributed by atoms with Crippen molar-refractivity contribution in [1.29, 1.82) is 0 Å². The first-order valence-electron chi connectivity index (χ1n) is 8.59. The van der Waals surface area contributed by atoms with Gasteiger partial charge < -0.3 is 15.0 Å². The molecule has 0 aliphatic rings. The van der Waals surface area contributed by atoms with E-state index in [0.717, 1.165) is 54.4 Å². The number of aromatic nitrogens is 2. The average molecular weight is 328 g/mol. The maximum Gasteiger partial charge on any atom is 0.229 e. The van der Waals surface area contributed by atoms with E-state index < -0.39 is 0 Å². The summed E-state index contributed by atoms with van der Waals surface area (Å²) in [5, 5.41) is 3.31. The zero-order valence-electron chi connectivity index (χ0n) is 15.4. The van der Waals surface area contributed by atoms with Crippen LogP contribution in [0.5, 0.6) is 5.75 Å². The second-order valence-corrected chi connectivity index (χ2v) is 6.01. The van der Waals surface area contributed by atoms with Crippen molar-refractivity contribution < 1.29 is 4.74 Å². The highest BCUT2D eigenvalue weighted by molar-refractivity contribution is 5.64. The molecule has 5 heteroatoms. The van der Waals surface area contributed by atoms with E-state index in [2.05, 4.69) is 36.0 Å². The Morgan fingerprint density at radius 3 is 2.38 bits per heavy atom. The summed E-state index contributed by atoms with van der Waals surface area (Å²) in [6.07, 6.45) is 2.19. The van der Waals surface area contributed by atoms with Crippen molar-refractivity contribution in [1.82, 2.24) is 9.97 Å². The van der Waals surface area contributed by atoms with Gasteiger partial charge >= 0.3 is 0 Å². The highest BCUT2D eigenvalue weighted by Crippen LogP contribution is 2.28. The molecule has 1 heterocycles. The molecule has 130 valence electrons. The first kappa shape index (κ1) is 18.0. The number of methoxy groups -OCH3 is 1. The Bertz CT molecular complexity index is 666. The molecular weight excluding hydrogens is 300 g/mol. The summed E-state index contributed by atoms with van der Waals surface area (Å²) in [6.45, 7) is 10.4. The number of benzene rings is 1. The third kappa shape index (κ3) is 4.60. The minimum absolute atomic E-state index is 0.603. The van der Waals surface area contributed by atoms with Crippen LogP contribution in [0.15, 0.2) is 24.3 Å². The largest absolute Gasteiger partial charge is 0.495 e. The van der Waals surface area contributed by atoms with Gasteiger partial charge in [-0.05, 0) is 44.4 Å². The van der Waals surface area contributed by atoms with Crippen LogP contribution < -0.4 is 15.0 Å². The second-order valence-electron chi connectivity index (χ2n) is 6.01. The SMILES string of the molecule is CCCN(CCC)c1cc(C)nc(Nc2cc(C)ccc2OC)n1. The monoisotopic (exact) mass is 328 g/mol. The van der Waals surface area contributed by atoms with E-state index >= 15 is 0 Å². The minimum Gasteiger partial charge on any atom is -0.495 e. The van der Waals surface area contributed by atoms with Gasteiger partial charge in [-0.1, -0.05) is 19.9 Å². The van der Waals surface area contributed by atoms with Crippen molar-refractivity contribution in [2.24, 2.45) is 0 Å². The van der Waals surface area contributed by atoms with Gasteiger partial charge in [0.05, 0.1) is 12.8 Å². The lowest BCUT2D eigenvalue weighted by atomic mass is 10.2. The molecule has 0 amide bonds. The Morgan fingerprint density at radius 1 is 1.04 bits per heavy atom. The molecule has 0 bridgehead atoms. The number of hydrogen-bond donors (Lipinski definition) is 1. The molecule has 5 nitrogen and oxygen atoms in total. The van der Waals surface area contributed by atoms with Crippen LogP contribution >= 0.6 is 0 Å². The molecule has 0 aliphatic carbocycles. The molecule has 1 N–H and O–H groups in total. The molecule has 0 unspecified atom stereocenters. The number of hydrogen-bond acceptors (Lipinski definition) is 5. The Kier molecular flexibility index (Phi) is 6.41. The average Bonchev–Trinajstić information content (AvgIpc) is 2.54. The van der Waals surface area contributed by atoms with Crippen LogP contribution in [0, 0.1) is 13.8 Å². The zero-order valence-corrected chi connectivity index (χ0v) is 15.4. The summed E-state index contributed by atoms with van der Waals surface area (Å²) in [6, 6.07) is 8.07. The molecule has 2 rings (SSSR count). The molecule has 0 atom stereocenters. The van der Waals surface area contributed by atoms with Gasteiger partial charge in [0.15, 0.2) is 0 Å². The number of anilines is 3. The molecule has 2 aromatic rings. The zero-order chi connectivity index (χ0) is 17.5. The first-order chi connectivity index (χ1) is 11.6. The lowest BCUT2D eigenvalue weighted by Crippen LogP contribution is -2.26. The first-order valence-corrected chi connectivity index (χ1v) is 8.59. The van der Waals surface area contributed by atoms with Crippen LogP contribution in [0.2, 0.25) is 0 Å². The Labute approximate surface area is 145 Å². The van der Waals surface area contributed by atoms with Gasteiger partial charge in [-0.25, -0.2) is 4.98 Å². The van der Waals surface area contributed by atoms with Crippen molar-refractivity contribution in [2.45, 2.75) is 40.5 Å². The molecule has 0 aliphatic heterocycles. The number of aryl methyl sites for hydroxylation is 2. The Morgan fingerprint density at radius 2 is 1.75 bits per heavy atom. The number of rotatable bonds is 8. The van der Waals surface area contributed by atoms with Crippen molar-refractivity contribution in [2.75, 3.05) is 30.4 Å². The third-order valence-electron chi connectivity index (χ3n) is 3.75. The third-order valence-corrected chi connectivity index (χ3v) is 3.75. The molecule has 24 heavy (non-hydrogen) atoms. The highest BCUT2D eigenvalue weighted by atomic mass is 16.5. The smallest absolute Gasteiger partial charge is 0.229 e. The predicted octanol–water partition coefficient (Wildman–Crippen LogP) is 4.47. The van der Waals surface area contributed by atoms with Crippen LogP contribution in [0.25, 0.3) is 0 Å². The Balaban J connectivity index is 2.33. The molecule has 0 saturated heterocycles. The van der Waals surface area contributed by atoms with Gasteiger partial charge in [-0.3, -0.25) is 0 Å². The van der Waals surface area contributed by atoms with Crippen molar-refractivity contribution >= 4 is 17.5 Å². The van der Waals surface area contributed by atoms with Gasteiger partial charge in [0.25, 0.3) is 0 Å². The van der Waals surface area contributed by atoms with Crippen molar-refractivity contribution in [3.05, 3.63) is 35.5 Å². The molecule has 0 saturated carbocycles. The molecule has 1 aromatic carbocycles. The predicted molar refractivity (Wildman–Crippen MR) is 101 cm³/mol. The van der Waals surface area contributed by atoms with Gasteiger partial charge in [-0.15, -0.1) is 0 Å². The van der Waals surface area contributed by atoms with Crippen molar-refractivity contribution in [3.8, 4) is 5.75 Å². The van der Waals surface area contributed by atoms with E-state index in [4.69, 9.17) is 9.72 Å². The number of ether oxygens (including phenoxy) is 1. The Hall–Kier alpha value is -2.30. The van der Waals surface area contributed by atoms with Crippen molar-refractivity contribution in [3.63, 3.8) is 0 Å². The fourth-order valence-electron chi connectivity index (χ4n) is 2.69. The molecule has 1 aromatic heterocycles. The summed E-state index contributed by atoms with van der Waals surface area (Å²) in [7, 11) is 1.67. The van der Waals surface area contributed by atoms with E-state index in [9.17, 15) is 0 Å². The molecular formula is C19H28N4O. The fourth-order valence-corrected chi connectivity index (χ4v) is 2.69. The van der Waals surface area contributed by atoms with E-state index in [0.29, 0.717) is 5.95 Å². The summed E-state index contributed by atoms with van der Waals surface area (Å²) in [5.41, 5.74) is 2.99. The molecule has 0 radical (unpaired) electrons. The van der Waals surface area contributed by atoms with E-state index in [1.165, 1.54) is 0 Å². The highest BCUT2D eigenvalue weighted by Gasteiger charge is 2.11. The maximum atomic E-state index is 5.43. The van der Waals surface area contributed by atoms with Gasteiger partial charge in [0.2, 0.25) is 5.95 Å². The normalized spacial score (nSPS) is 10.5. The van der Waals surface area contributed by atoms with Crippen LogP contribution in [0.1, 0.15) is 37.9 Å². The molecule has 0 spiro atoms. The van der Waals surface area contributed by atoms with E-state index in [1.807, 2.05) is 31.2 Å². The van der Waals surface area contributed by atoms with Gasteiger partial charge in [0.1, 0.15) is 11.6 Å². The van der Waals surface area contributed by atoms with Crippen LogP contribution in [-0.2, 0) is 0 Å². The van der Waals surface area contributed by atoms with Crippen LogP contribution in [0.3, 0.4) is 0 Å². The summed E-state index contributed by atoms with van der Waals surface area (Å²) in [4.78, 5) is 11.6. The second kappa shape index (κ2) is 8.52. The van der Waals surface area contributed by atoms with Crippen LogP contribution in [0.4, 0.5) is 17.5 Å². The number of nitrogens with one attached hydrogen (secondary N) is 1. The lowest BCUT2D eigenvalue weighted by molar-refractivity contribution is 0.416. The van der Waals surface area contributed by atoms with E-state index in [1.54, 1.807) is 7.11 Å².